The zero-order valence-electron chi connectivity index (χ0n) is 15.0. The van der Waals surface area contributed by atoms with Crippen LogP contribution in [-0.4, -0.2) is 32.1 Å². The van der Waals surface area contributed by atoms with Crippen molar-refractivity contribution in [2.75, 3.05) is 14.2 Å². The molecule has 2 rings (SSSR count). The van der Waals surface area contributed by atoms with E-state index in [0.717, 1.165) is 22.4 Å². The summed E-state index contributed by atoms with van der Waals surface area (Å²) in [5.41, 5.74) is 3.42. The van der Waals surface area contributed by atoms with Crippen LogP contribution in [0.4, 0.5) is 0 Å². The van der Waals surface area contributed by atoms with E-state index in [1.807, 2.05) is 44.2 Å². The van der Waals surface area contributed by atoms with Crippen molar-refractivity contribution < 1.29 is 19.1 Å². The SMILES string of the molecule is COC(=O)[C@H](Cc1ccc(OC)cc1)NC(=O)c1cc(C)cc(C)c1. The van der Waals surface area contributed by atoms with Gasteiger partial charge in [0, 0.05) is 12.0 Å². The Hall–Kier alpha value is -2.82. The summed E-state index contributed by atoms with van der Waals surface area (Å²) < 4.78 is 9.96. The van der Waals surface area contributed by atoms with Crippen LogP contribution in [0.3, 0.4) is 0 Å². The van der Waals surface area contributed by atoms with Crippen LogP contribution in [0.25, 0.3) is 0 Å². The Morgan fingerprint density at radius 1 is 1.00 bits per heavy atom. The number of hydrogen-bond donors (Lipinski definition) is 1. The van der Waals surface area contributed by atoms with E-state index in [2.05, 4.69) is 5.32 Å². The fraction of sp³-hybridized carbons (Fsp3) is 0.300. The number of aryl methyl sites for hydroxylation is 2. The molecule has 0 heterocycles. The van der Waals surface area contributed by atoms with E-state index < -0.39 is 12.0 Å². The van der Waals surface area contributed by atoms with Crippen molar-refractivity contribution >= 4 is 11.9 Å². The molecule has 0 aliphatic rings. The summed E-state index contributed by atoms with van der Waals surface area (Å²) in [6, 6.07) is 12.2. The molecule has 1 atom stereocenters. The predicted octanol–water partition coefficient (Wildman–Crippen LogP) is 2.83. The van der Waals surface area contributed by atoms with Gasteiger partial charge in [-0.25, -0.2) is 4.79 Å². The van der Waals surface area contributed by atoms with Crippen molar-refractivity contribution in [2.45, 2.75) is 26.3 Å². The van der Waals surface area contributed by atoms with Gasteiger partial charge in [0.25, 0.3) is 5.91 Å². The number of hydrogen-bond acceptors (Lipinski definition) is 4. The lowest BCUT2D eigenvalue weighted by Crippen LogP contribution is -2.43. The Kier molecular flexibility index (Phi) is 6.17. The van der Waals surface area contributed by atoms with Gasteiger partial charge in [0.2, 0.25) is 0 Å². The van der Waals surface area contributed by atoms with Gasteiger partial charge in [0.05, 0.1) is 14.2 Å². The Balaban J connectivity index is 2.16. The van der Waals surface area contributed by atoms with Crippen LogP contribution in [0, 0.1) is 13.8 Å². The molecule has 25 heavy (non-hydrogen) atoms. The molecule has 1 N–H and O–H groups in total. The first-order chi connectivity index (χ1) is 11.9. The monoisotopic (exact) mass is 341 g/mol. The van der Waals surface area contributed by atoms with E-state index in [1.165, 1.54) is 7.11 Å². The predicted molar refractivity (Wildman–Crippen MR) is 95.9 cm³/mol. The van der Waals surface area contributed by atoms with Gasteiger partial charge in [0.15, 0.2) is 0 Å². The van der Waals surface area contributed by atoms with Gasteiger partial charge >= 0.3 is 5.97 Å². The second kappa shape index (κ2) is 8.33. The normalized spacial score (nSPS) is 11.5. The highest BCUT2D eigenvalue weighted by Crippen LogP contribution is 2.14. The maximum absolute atomic E-state index is 12.5. The summed E-state index contributed by atoms with van der Waals surface area (Å²) in [5.74, 6) is -0.0399. The van der Waals surface area contributed by atoms with E-state index in [4.69, 9.17) is 9.47 Å². The molecule has 0 radical (unpaired) electrons. The molecular formula is C20H23NO4. The number of rotatable bonds is 6. The van der Waals surface area contributed by atoms with Crippen molar-refractivity contribution in [2.24, 2.45) is 0 Å². The zero-order valence-corrected chi connectivity index (χ0v) is 15.0. The highest BCUT2D eigenvalue weighted by molar-refractivity contribution is 5.97. The minimum atomic E-state index is -0.758. The summed E-state index contributed by atoms with van der Waals surface area (Å²) in [6.45, 7) is 3.86. The third-order valence-electron chi connectivity index (χ3n) is 3.87. The van der Waals surface area contributed by atoms with Crippen LogP contribution >= 0.6 is 0 Å². The molecule has 0 fully saturated rings. The second-order valence-electron chi connectivity index (χ2n) is 5.98. The molecule has 0 aliphatic carbocycles. The number of methoxy groups -OCH3 is 2. The van der Waals surface area contributed by atoms with Gasteiger partial charge < -0.3 is 14.8 Å². The lowest BCUT2D eigenvalue weighted by Gasteiger charge is -2.17. The third kappa shape index (κ3) is 5.08. The lowest BCUT2D eigenvalue weighted by atomic mass is 10.0. The van der Waals surface area contributed by atoms with Gasteiger partial charge in [-0.05, 0) is 43.7 Å². The summed E-state index contributed by atoms with van der Waals surface area (Å²) in [5, 5.41) is 2.77. The van der Waals surface area contributed by atoms with Gasteiger partial charge in [-0.1, -0.05) is 29.3 Å². The van der Waals surface area contributed by atoms with E-state index in [-0.39, 0.29) is 5.91 Å². The van der Waals surface area contributed by atoms with Crippen molar-refractivity contribution in [3.05, 3.63) is 64.7 Å². The number of carbonyl (C=O) groups excluding carboxylic acids is 2. The van der Waals surface area contributed by atoms with Gasteiger partial charge in [-0.3, -0.25) is 4.79 Å². The fourth-order valence-electron chi connectivity index (χ4n) is 2.68. The van der Waals surface area contributed by atoms with E-state index in [0.29, 0.717) is 12.0 Å². The molecule has 0 bridgehead atoms. The fourth-order valence-corrected chi connectivity index (χ4v) is 2.68. The molecular weight excluding hydrogens is 318 g/mol. The number of nitrogens with one attached hydrogen (secondary N) is 1. The number of benzene rings is 2. The molecule has 0 saturated carbocycles. The highest BCUT2D eigenvalue weighted by Gasteiger charge is 2.22. The average Bonchev–Trinajstić information content (AvgIpc) is 2.60. The largest absolute Gasteiger partial charge is 0.497 e. The van der Waals surface area contributed by atoms with Crippen LogP contribution in [0.2, 0.25) is 0 Å². The molecule has 0 saturated heterocycles. The minimum Gasteiger partial charge on any atom is -0.497 e. The highest BCUT2D eigenvalue weighted by atomic mass is 16.5. The average molecular weight is 341 g/mol. The molecule has 132 valence electrons. The topological polar surface area (TPSA) is 64.6 Å². The molecule has 5 heteroatoms. The second-order valence-corrected chi connectivity index (χ2v) is 5.98. The van der Waals surface area contributed by atoms with Crippen molar-refractivity contribution in [1.82, 2.24) is 5.32 Å². The molecule has 0 aliphatic heterocycles. The molecule has 0 aromatic heterocycles. The van der Waals surface area contributed by atoms with Crippen molar-refractivity contribution in [3.8, 4) is 5.75 Å². The smallest absolute Gasteiger partial charge is 0.328 e. The quantitative estimate of drug-likeness (QED) is 0.821. The number of amides is 1. The van der Waals surface area contributed by atoms with Crippen molar-refractivity contribution in [1.29, 1.82) is 0 Å². The zero-order chi connectivity index (χ0) is 18.4. The van der Waals surface area contributed by atoms with Crippen LogP contribution in [0.1, 0.15) is 27.0 Å². The number of esters is 1. The Bertz CT molecular complexity index is 733. The standard InChI is InChI=1S/C20H23NO4/c1-13-9-14(2)11-16(10-13)19(22)21-18(20(23)25-4)12-15-5-7-17(24-3)8-6-15/h5-11,18H,12H2,1-4H3,(H,21,22)/t18-/m0/s1. The number of ether oxygens (including phenoxy) is 2. The first-order valence-corrected chi connectivity index (χ1v) is 8.03. The third-order valence-corrected chi connectivity index (χ3v) is 3.87. The maximum Gasteiger partial charge on any atom is 0.328 e. The first kappa shape index (κ1) is 18.5. The summed E-state index contributed by atoms with van der Waals surface area (Å²) in [6.07, 6.45) is 0.340. The molecule has 5 nitrogen and oxygen atoms in total. The molecule has 2 aromatic rings. The van der Waals surface area contributed by atoms with E-state index in [9.17, 15) is 9.59 Å². The first-order valence-electron chi connectivity index (χ1n) is 8.03. The Morgan fingerprint density at radius 3 is 2.12 bits per heavy atom. The molecule has 0 spiro atoms. The van der Waals surface area contributed by atoms with Gasteiger partial charge in [0.1, 0.15) is 11.8 Å². The maximum atomic E-state index is 12.5. The van der Waals surface area contributed by atoms with Crippen LogP contribution < -0.4 is 10.1 Å². The van der Waals surface area contributed by atoms with Gasteiger partial charge in [-0.2, -0.15) is 0 Å². The van der Waals surface area contributed by atoms with Gasteiger partial charge in [-0.15, -0.1) is 0 Å². The summed E-state index contributed by atoms with van der Waals surface area (Å²) >= 11 is 0. The molecule has 1 amide bonds. The Labute approximate surface area is 148 Å². The Morgan fingerprint density at radius 2 is 1.60 bits per heavy atom. The summed E-state index contributed by atoms with van der Waals surface area (Å²) in [7, 11) is 2.91. The van der Waals surface area contributed by atoms with E-state index in [1.54, 1.807) is 19.2 Å². The van der Waals surface area contributed by atoms with Crippen LogP contribution in [0.15, 0.2) is 42.5 Å². The van der Waals surface area contributed by atoms with Crippen molar-refractivity contribution in [3.63, 3.8) is 0 Å². The summed E-state index contributed by atoms with van der Waals surface area (Å²) in [4.78, 5) is 24.6. The van der Waals surface area contributed by atoms with E-state index >= 15 is 0 Å². The van der Waals surface area contributed by atoms with Crippen LogP contribution in [0.5, 0.6) is 5.75 Å². The number of carbonyl (C=O) groups is 2. The molecule has 2 aromatic carbocycles. The molecule has 0 unspecified atom stereocenters. The lowest BCUT2D eigenvalue weighted by molar-refractivity contribution is -0.142. The minimum absolute atomic E-state index is 0.296. The van der Waals surface area contributed by atoms with Crippen LogP contribution in [-0.2, 0) is 16.0 Å².